The lowest BCUT2D eigenvalue weighted by Gasteiger charge is -2.30. The Hall–Kier alpha value is -2.13. The highest BCUT2D eigenvalue weighted by atomic mass is 35.5. The minimum Gasteiger partial charge on any atom is -0.382 e. The van der Waals surface area contributed by atoms with Gasteiger partial charge < -0.3 is 10.4 Å². The van der Waals surface area contributed by atoms with E-state index < -0.39 is 17.3 Å². The molecule has 0 bridgehead atoms. The zero-order valence-corrected chi connectivity index (χ0v) is 16.5. The van der Waals surface area contributed by atoms with E-state index in [2.05, 4.69) is 15.4 Å². The monoisotopic (exact) mass is 444 g/mol. The molecule has 1 atom stereocenters. The van der Waals surface area contributed by atoms with Crippen LogP contribution >= 0.6 is 23.2 Å². The van der Waals surface area contributed by atoms with Crippen LogP contribution in [0.2, 0.25) is 10.0 Å². The molecule has 0 amide bonds. The van der Waals surface area contributed by atoms with Gasteiger partial charge in [-0.25, -0.2) is 9.67 Å². The summed E-state index contributed by atoms with van der Waals surface area (Å²) in [4.78, 5) is 3.87. The summed E-state index contributed by atoms with van der Waals surface area (Å²) in [6.07, 6.45) is -1.57. The van der Waals surface area contributed by atoms with Crippen LogP contribution in [0.5, 0.6) is 0 Å². The maximum absolute atomic E-state index is 12.7. The highest BCUT2D eigenvalue weighted by molar-refractivity contribution is 6.35. The summed E-state index contributed by atoms with van der Waals surface area (Å²) in [6.45, 7) is 0.382. The van der Waals surface area contributed by atoms with Crippen LogP contribution in [-0.4, -0.2) is 26.4 Å². The molecule has 0 aliphatic rings. The van der Waals surface area contributed by atoms with Gasteiger partial charge in [-0.1, -0.05) is 41.4 Å². The number of benzene rings is 2. The molecule has 0 aliphatic heterocycles. The molecule has 0 spiro atoms. The van der Waals surface area contributed by atoms with E-state index >= 15 is 0 Å². The van der Waals surface area contributed by atoms with Crippen molar-refractivity contribution in [3.63, 3.8) is 0 Å². The summed E-state index contributed by atoms with van der Waals surface area (Å²) in [5, 5.41) is 19.1. The quantitative estimate of drug-likeness (QED) is 0.570. The molecular weight excluding hydrogens is 428 g/mol. The van der Waals surface area contributed by atoms with Gasteiger partial charge in [-0.3, -0.25) is 0 Å². The number of hydrogen-bond donors (Lipinski definition) is 2. The van der Waals surface area contributed by atoms with Gasteiger partial charge in [-0.2, -0.15) is 18.3 Å². The number of alkyl halides is 3. The zero-order chi connectivity index (χ0) is 21.1. The average Bonchev–Trinajstić information content (AvgIpc) is 3.14. The number of nitrogens with one attached hydrogen (secondary N) is 1. The first-order chi connectivity index (χ1) is 13.7. The average molecular weight is 445 g/mol. The van der Waals surface area contributed by atoms with Crippen LogP contribution in [0.4, 0.5) is 13.2 Å². The Morgan fingerprint density at radius 3 is 2.38 bits per heavy atom. The molecular formula is C19H17Cl2F3N4O. The van der Waals surface area contributed by atoms with Crippen LogP contribution in [0.25, 0.3) is 0 Å². The summed E-state index contributed by atoms with van der Waals surface area (Å²) in [6, 6.07) is 9.60. The van der Waals surface area contributed by atoms with Crippen molar-refractivity contribution in [2.24, 2.45) is 0 Å². The minimum absolute atomic E-state index is 0.0639. The van der Waals surface area contributed by atoms with Crippen molar-refractivity contribution in [3.8, 4) is 0 Å². The van der Waals surface area contributed by atoms with E-state index in [1.54, 1.807) is 12.1 Å². The molecule has 0 saturated heterocycles. The van der Waals surface area contributed by atoms with Crippen LogP contribution in [0.3, 0.4) is 0 Å². The number of rotatable bonds is 7. The van der Waals surface area contributed by atoms with Crippen LogP contribution in [0, 0.1) is 0 Å². The zero-order valence-electron chi connectivity index (χ0n) is 15.0. The molecule has 0 aliphatic carbocycles. The first-order valence-electron chi connectivity index (χ1n) is 8.54. The Morgan fingerprint density at radius 1 is 1.07 bits per heavy atom. The van der Waals surface area contributed by atoms with Crippen molar-refractivity contribution in [2.45, 2.75) is 24.9 Å². The highest BCUT2D eigenvalue weighted by Crippen LogP contribution is 2.32. The maximum Gasteiger partial charge on any atom is 0.416 e. The Labute approximate surface area is 175 Å². The Bertz CT molecular complexity index is 949. The fraction of sp³-hybridized carbons (Fsp3) is 0.263. The van der Waals surface area contributed by atoms with Gasteiger partial charge in [0.15, 0.2) is 0 Å². The molecule has 3 aromatic rings. The molecule has 5 nitrogen and oxygen atoms in total. The van der Waals surface area contributed by atoms with Gasteiger partial charge in [0.2, 0.25) is 0 Å². The van der Waals surface area contributed by atoms with Crippen LogP contribution < -0.4 is 5.32 Å². The molecule has 1 heterocycles. The lowest BCUT2D eigenvalue weighted by atomic mass is 9.93. The summed E-state index contributed by atoms with van der Waals surface area (Å²) in [5.74, 6) is 0. The van der Waals surface area contributed by atoms with Crippen molar-refractivity contribution in [2.75, 3.05) is 6.54 Å². The fourth-order valence-corrected chi connectivity index (χ4v) is 3.50. The number of halogens is 5. The fourth-order valence-electron chi connectivity index (χ4n) is 2.91. The smallest absolute Gasteiger partial charge is 0.382 e. The van der Waals surface area contributed by atoms with E-state index in [0.717, 1.165) is 12.1 Å². The number of nitrogens with zero attached hydrogens (tertiary/aromatic N) is 3. The van der Waals surface area contributed by atoms with E-state index in [-0.39, 0.29) is 24.7 Å². The SMILES string of the molecule is OC(CNCc1ccc(C(F)(F)F)cc1)(Cn1cncn1)c1ccc(Cl)cc1Cl. The molecule has 1 aromatic heterocycles. The van der Waals surface area contributed by atoms with Gasteiger partial charge in [-0.15, -0.1) is 0 Å². The van der Waals surface area contributed by atoms with Crippen molar-refractivity contribution in [1.82, 2.24) is 20.1 Å². The summed E-state index contributed by atoms with van der Waals surface area (Å²) < 4.78 is 39.5. The topological polar surface area (TPSA) is 63.0 Å². The summed E-state index contributed by atoms with van der Waals surface area (Å²) in [7, 11) is 0. The minimum atomic E-state index is -4.38. The van der Waals surface area contributed by atoms with Gasteiger partial charge in [0, 0.05) is 28.7 Å². The molecule has 2 aromatic carbocycles. The molecule has 29 heavy (non-hydrogen) atoms. The number of hydrogen-bond acceptors (Lipinski definition) is 4. The first-order valence-corrected chi connectivity index (χ1v) is 9.30. The van der Waals surface area contributed by atoms with Crippen molar-refractivity contribution in [1.29, 1.82) is 0 Å². The van der Waals surface area contributed by atoms with Crippen LogP contribution in [-0.2, 0) is 24.9 Å². The van der Waals surface area contributed by atoms with E-state index in [4.69, 9.17) is 23.2 Å². The molecule has 0 saturated carbocycles. The van der Waals surface area contributed by atoms with E-state index in [0.29, 0.717) is 16.1 Å². The lowest BCUT2D eigenvalue weighted by molar-refractivity contribution is -0.137. The predicted octanol–water partition coefficient (Wildman–Crippen LogP) is 4.28. The molecule has 1 unspecified atom stereocenters. The molecule has 154 valence electrons. The molecule has 0 fully saturated rings. The second-order valence-corrected chi connectivity index (χ2v) is 7.39. The molecule has 0 radical (unpaired) electrons. The van der Waals surface area contributed by atoms with Gasteiger partial charge in [0.1, 0.15) is 18.3 Å². The summed E-state index contributed by atoms with van der Waals surface area (Å²) >= 11 is 12.2. The largest absolute Gasteiger partial charge is 0.416 e. The number of aliphatic hydroxyl groups is 1. The third kappa shape index (κ3) is 5.48. The second-order valence-electron chi connectivity index (χ2n) is 6.55. The van der Waals surface area contributed by atoms with Crippen LogP contribution in [0.1, 0.15) is 16.7 Å². The molecule has 3 rings (SSSR count). The Kier molecular flexibility index (Phi) is 6.48. The standard InChI is InChI=1S/C19H17Cl2F3N4O/c20-15-5-6-16(17(21)7-15)18(29,10-28-12-26-11-27-28)9-25-8-13-1-3-14(4-2-13)19(22,23)24/h1-7,11-12,25,29H,8-10H2. The second kappa shape index (κ2) is 8.71. The van der Waals surface area contributed by atoms with Gasteiger partial charge in [0.25, 0.3) is 0 Å². The highest BCUT2D eigenvalue weighted by Gasteiger charge is 2.33. The van der Waals surface area contributed by atoms with Crippen molar-refractivity contribution >= 4 is 23.2 Å². The van der Waals surface area contributed by atoms with Crippen molar-refractivity contribution < 1.29 is 18.3 Å². The Balaban J connectivity index is 1.75. The van der Waals surface area contributed by atoms with Crippen LogP contribution in [0.15, 0.2) is 55.1 Å². The Morgan fingerprint density at radius 2 is 1.79 bits per heavy atom. The van der Waals surface area contributed by atoms with E-state index in [9.17, 15) is 18.3 Å². The maximum atomic E-state index is 12.7. The first kappa shape index (κ1) is 21.6. The number of aromatic nitrogens is 3. The normalized spacial score (nSPS) is 14.0. The molecule has 2 N–H and O–H groups in total. The van der Waals surface area contributed by atoms with E-state index in [1.165, 1.54) is 35.5 Å². The van der Waals surface area contributed by atoms with Gasteiger partial charge >= 0.3 is 6.18 Å². The van der Waals surface area contributed by atoms with Crippen molar-refractivity contribution in [3.05, 3.63) is 81.9 Å². The lowest BCUT2D eigenvalue weighted by Crippen LogP contribution is -2.42. The predicted molar refractivity (Wildman–Crippen MR) is 104 cm³/mol. The molecule has 10 heteroatoms. The van der Waals surface area contributed by atoms with Gasteiger partial charge in [0.05, 0.1) is 12.1 Å². The third-order valence-electron chi connectivity index (χ3n) is 4.35. The third-order valence-corrected chi connectivity index (χ3v) is 4.90. The summed E-state index contributed by atoms with van der Waals surface area (Å²) in [5.41, 5.74) is -1.08. The van der Waals surface area contributed by atoms with E-state index in [1.807, 2.05) is 0 Å². The van der Waals surface area contributed by atoms with Gasteiger partial charge in [-0.05, 0) is 29.8 Å².